The van der Waals surface area contributed by atoms with Gasteiger partial charge in [0.05, 0.1) is 17.6 Å². The summed E-state index contributed by atoms with van der Waals surface area (Å²) in [6.45, 7) is 0.370. The van der Waals surface area contributed by atoms with Crippen molar-refractivity contribution in [1.82, 2.24) is 15.1 Å². The van der Waals surface area contributed by atoms with Gasteiger partial charge in [-0.1, -0.05) is 36.4 Å². The first-order chi connectivity index (χ1) is 14.4. The van der Waals surface area contributed by atoms with Gasteiger partial charge in [0.15, 0.2) is 15.6 Å². The number of nitrogens with zero attached hydrogens (tertiary/aromatic N) is 2. The normalized spacial score (nSPS) is 11.6. The fraction of sp³-hybridized carbons (Fsp3) is 0.182. The Morgan fingerprint density at radius 3 is 2.60 bits per heavy atom. The molecule has 30 heavy (non-hydrogen) atoms. The third-order valence-electron chi connectivity index (χ3n) is 4.67. The van der Waals surface area contributed by atoms with Gasteiger partial charge in [-0.2, -0.15) is 5.10 Å². The molecular formula is C22H21N3O4S. The Morgan fingerprint density at radius 1 is 1.10 bits per heavy atom. The van der Waals surface area contributed by atoms with E-state index in [-0.39, 0.29) is 11.5 Å². The van der Waals surface area contributed by atoms with Gasteiger partial charge in [-0.25, -0.2) is 13.1 Å². The van der Waals surface area contributed by atoms with Crippen LogP contribution in [0.2, 0.25) is 0 Å². The second kappa shape index (κ2) is 8.16. The monoisotopic (exact) mass is 423 g/mol. The highest BCUT2D eigenvalue weighted by Gasteiger charge is 2.23. The van der Waals surface area contributed by atoms with Crippen LogP contribution >= 0.6 is 0 Å². The minimum absolute atomic E-state index is 0.0432. The van der Waals surface area contributed by atoms with Gasteiger partial charge in [-0.3, -0.25) is 4.79 Å². The summed E-state index contributed by atoms with van der Waals surface area (Å²) in [5.74, 6) is -0.640. The van der Waals surface area contributed by atoms with Crippen LogP contribution in [0.5, 0.6) is 0 Å². The van der Waals surface area contributed by atoms with Crippen molar-refractivity contribution in [2.45, 2.75) is 12.2 Å². The van der Waals surface area contributed by atoms with E-state index in [1.54, 1.807) is 35.1 Å². The molecule has 0 fully saturated rings. The molecule has 1 amide bonds. The molecule has 2 heterocycles. The average Bonchev–Trinajstić information content (AvgIpc) is 3.33. The molecule has 0 radical (unpaired) electrons. The third-order valence-corrected chi connectivity index (χ3v) is 5.48. The van der Waals surface area contributed by atoms with Crippen molar-refractivity contribution < 1.29 is 17.6 Å². The number of para-hydroxylation sites is 2. The molecule has 0 atom stereocenters. The molecule has 2 aromatic carbocycles. The van der Waals surface area contributed by atoms with Crippen LogP contribution in [0.3, 0.4) is 0 Å². The maximum atomic E-state index is 12.7. The van der Waals surface area contributed by atoms with E-state index in [0.29, 0.717) is 29.5 Å². The molecule has 0 bridgehead atoms. The van der Waals surface area contributed by atoms with E-state index in [1.165, 1.54) is 0 Å². The fourth-order valence-electron chi connectivity index (χ4n) is 3.30. The number of hydrogen-bond donors (Lipinski definition) is 1. The summed E-state index contributed by atoms with van der Waals surface area (Å²) in [5, 5.41) is 7.80. The number of carbonyl (C=O) groups excluding carboxylic acids is 1. The number of sulfone groups is 1. The van der Waals surface area contributed by atoms with Gasteiger partial charge in [-0.15, -0.1) is 0 Å². The molecule has 154 valence electrons. The Hall–Kier alpha value is -3.39. The molecule has 0 saturated heterocycles. The summed E-state index contributed by atoms with van der Waals surface area (Å²) in [6, 6.07) is 16.8. The van der Waals surface area contributed by atoms with E-state index in [4.69, 9.17) is 4.42 Å². The molecule has 0 aliphatic rings. The lowest BCUT2D eigenvalue weighted by Crippen LogP contribution is -2.26. The SMILES string of the molecule is CS(=O)(=O)Cc1c(C(=O)NCCc2cnn(-c3ccccc3)c2)oc2ccccc12. The highest BCUT2D eigenvalue weighted by molar-refractivity contribution is 7.89. The van der Waals surface area contributed by atoms with Crippen LogP contribution in [0.4, 0.5) is 0 Å². The van der Waals surface area contributed by atoms with Crippen molar-refractivity contribution in [2.75, 3.05) is 12.8 Å². The number of benzene rings is 2. The number of hydrogen-bond acceptors (Lipinski definition) is 5. The summed E-state index contributed by atoms with van der Waals surface area (Å²) < 4.78 is 31.2. The van der Waals surface area contributed by atoms with E-state index in [0.717, 1.165) is 17.5 Å². The Bertz CT molecular complexity index is 1290. The Morgan fingerprint density at radius 2 is 1.83 bits per heavy atom. The first-order valence-electron chi connectivity index (χ1n) is 9.46. The second-order valence-electron chi connectivity index (χ2n) is 7.11. The molecule has 0 aliphatic carbocycles. The van der Waals surface area contributed by atoms with Crippen LogP contribution in [0, 0.1) is 0 Å². The second-order valence-corrected chi connectivity index (χ2v) is 9.25. The van der Waals surface area contributed by atoms with Crippen LogP contribution in [-0.2, 0) is 22.0 Å². The van der Waals surface area contributed by atoms with Crippen molar-refractivity contribution in [3.63, 3.8) is 0 Å². The zero-order valence-electron chi connectivity index (χ0n) is 16.4. The Kier molecular flexibility index (Phi) is 5.41. The fourth-order valence-corrected chi connectivity index (χ4v) is 4.11. The predicted molar refractivity (Wildman–Crippen MR) is 114 cm³/mol. The van der Waals surface area contributed by atoms with Gasteiger partial charge >= 0.3 is 0 Å². The summed E-state index contributed by atoms with van der Waals surface area (Å²) in [5.41, 5.74) is 2.81. The number of nitrogens with one attached hydrogen (secondary N) is 1. The molecular weight excluding hydrogens is 402 g/mol. The van der Waals surface area contributed by atoms with Crippen molar-refractivity contribution in [1.29, 1.82) is 0 Å². The minimum atomic E-state index is -3.33. The van der Waals surface area contributed by atoms with Crippen LogP contribution in [0.1, 0.15) is 21.7 Å². The van der Waals surface area contributed by atoms with Gasteiger partial charge in [-0.05, 0) is 30.2 Å². The quantitative estimate of drug-likeness (QED) is 0.493. The first kappa shape index (κ1) is 19.9. The molecule has 7 nitrogen and oxygen atoms in total. The molecule has 0 spiro atoms. The van der Waals surface area contributed by atoms with Crippen molar-refractivity contribution in [3.8, 4) is 5.69 Å². The minimum Gasteiger partial charge on any atom is -0.451 e. The van der Waals surface area contributed by atoms with Gasteiger partial charge in [0, 0.05) is 29.9 Å². The molecule has 4 aromatic rings. The summed E-state index contributed by atoms with van der Waals surface area (Å²) in [7, 11) is -3.33. The molecule has 0 unspecified atom stereocenters. The van der Waals surface area contributed by atoms with Gasteiger partial charge in [0.1, 0.15) is 5.58 Å². The zero-order chi connectivity index (χ0) is 21.1. The maximum Gasteiger partial charge on any atom is 0.287 e. The Labute approximate surface area is 174 Å². The predicted octanol–water partition coefficient (Wildman–Crippen LogP) is 3.14. The maximum absolute atomic E-state index is 12.7. The van der Waals surface area contributed by atoms with E-state index in [9.17, 15) is 13.2 Å². The largest absolute Gasteiger partial charge is 0.451 e. The Balaban J connectivity index is 1.46. The van der Waals surface area contributed by atoms with Crippen molar-refractivity contribution >= 4 is 26.7 Å². The topological polar surface area (TPSA) is 94.2 Å². The summed E-state index contributed by atoms with van der Waals surface area (Å²) in [4.78, 5) is 12.7. The lowest BCUT2D eigenvalue weighted by Gasteiger charge is -2.04. The highest BCUT2D eigenvalue weighted by atomic mass is 32.2. The molecule has 8 heteroatoms. The lowest BCUT2D eigenvalue weighted by molar-refractivity contribution is 0.0927. The van der Waals surface area contributed by atoms with E-state index in [2.05, 4.69) is 10.4 Å². The van der Waals surface area contributed by atoms with Crippen LogP contribution in [0.25, 0.3) is 16.7 Å². The number of aromatic nitrogens is 2. The molecule has 0 aliphatic heterocycles. The summed E-state index contributed by atoms with van der Waals surface area (Å²) in [6.07, 6.45) is 5.40. The number of rotatable bonds is 7. The van der Waals surface area contributed by atoms with Gasteiger partial charge in [0.25, 0.3) is 5.91 Å². The number of furan rings is 1. The highest BCUT2D eigenvalue weighted by Crippen LogP contribution is 2.27. The standard InChI is InChI=1S/C22H21N3O4S/c1-30(27,28)15-19-18-9-5-6-10-20(18)29-21(19)22(26)23-12-11-16-13-24-25(14-16)17-7-3-2-4-8-17/h2-10,13-14H,11-12,15H2,1H3,(H,23,26). The molecule has 4 rings (SSSR count). The van der Waals surface area contributed by atoms with E-state index >= 15 is 0 Å². The summed E-state index contributed by atoms with van der Waals surface area (Å²) >= 11 is 0. The third kappa shape index (κ3) is 4.44. The van der Waals surface area contributed by atoms with Crippen molar-refractivity contribution in [2.24, 2.45) is 0 Å². The van der Waals surface area contributed by atoms with E-state index in [1.807, 2.05) is 36.5 Å². The van der Waals surface area contributed by atoms with Gasteiger partial charge < -0.3 is 9.73 Å². The smallest absolute Gasteiger partial charge is 0.287 e. The first-order valence-corrected chi connectivity index (χ1v) is 11.5. The average molecular weight is 423 g/mol. The molecule has 2 aromatic heterocycles. The van der Waals surface area contributed by atoms with Crippen LogP contribution in [0.15, 0.2) is 71.4 Å². The molecule has 1 N–H and O–H groups in total. The zero-order valence-corrected chi connectivity index (χ0v) is 17.2. The number of fused-ring (bicyclic) bond motifs is 1. The number of carbonyl (C=O) groups is 1. The van der Waals surface area contributed by atoms with Crippen LogP contribution in [-0.4, -0.2) is 36.9 Å². The number of amides is 1. The molecule has 0 saturated carbocycles. The lowest BCUT2D eigenvalue weighted by atomic mass is 10.1. The van der Waals surface area contributed by atoms with E-state index < -0.39 is 15.7 Å². The van der Waals surface area contributed by atoms with Gasteiger partial charge in [0.2, 0.25) is 0 Å². The van der Waals surface area contributed by atoms with Crippen molar-refractivity contribution in [3.05, 3.63) is 83.9 Å². The van der Waals surface area contributed by atoms with Crippen LogP contribution < -0.4 is 5.32 Å².